The van der Waals surface area contributed by atoms with Gasteiger partial charge in [0.25, 0.3) is 5.91 Å². The highest BCUT2D eigenvalue weighted by Gasteiger charge is 2.09. The van der Waals surface area contributed by atoms with Gasteiger partial charge in [0.15, 0.2) is 0 Å². The normalized spacial score (nSPS) is 10.3. The summed E-state index contributed by atoms with van der Waals surface area (Å²) in [6, 6.07) is 13.1. The van der Waals surface area contributed by atoms with Gasteiger partial charge >= 0.3 is 0 Å². The Labute approximate surface area is 131 Å². The zero-order valence-electron chi connectivity index (χ0n) is 13.4. The first-order chi connectivity index (χ1) is 10.5. The maximum Gasteiger partial charge on any atom is 0.255 e. The van der Waals surface area contributed by atoms with Crippen molar-refractivity contribution in [1.29, 1.82) is 0 Å². The lowest BCUT2D eigenvalue weighted by Gasteiger charge is -2.23. The Kier molecular flexibility index (Phi) is 5.04. The van der Waals surface area contributed by atoms with Crippen LogP contribution < -0.4 is 16.0 Å². The Morgan fingerprint density at radius 1 is 1.09 bits per heavy atom. The van der Waals surface area contributed by atoms with E-state index in [2.05, 4.69) is 24.1 Å². The number of benzene rings is 2. The number of nitrogen functional groups attached to an aromatic ring is 1. The van der Waals surface area contributed by atoms with Crippen LogP contribution in [0.15, 0.2) is 42.5 Å². The first-order valence-corrected chi connectivity index (χ1v) is 7.57. The average molecular weight is 297 g/mol. The van der Waals surface area contributed by atoms with Crippen LogP contribution in [0.3, 0.4) is 0 Å². The Morgan fingerprint density at radius 2 is 1.73 bits per heavy atom. The third-order valence-corrected chi connectivity index (χ3v) is 3.70. The monoisotopic (exact) mass is 297 g/mol. The van der Waals surface area contributed by atoms with Gasteiger partial charge in [0.05, 0.1) is 11.4 Å². The summed E-state index contributed by atoms with van der Waals surface area (Å²) in [7, 11) is 0. The second kappa shape index (κ2) is 6.98. The standard InChI is InChI=1S/C18H23N3O/c1-4-21(5-2)17-11-10-15(12-16(17)19)20-18(22)14-8-6-13(3)7-9-14/h6-12H,4-5,19H2,1-3H3,(H,20,22). The number of hydrogen-bond acceptors (Lipinski definition) is 3. The van der Waals surface area contributed by atoms with Crippen LogP contribution in [0.2, 0.25) is 0 Å². The summed E-state index contributed by atoms with van der Waals surface area (Å²) in [6.07, 6.45) is 0. The zero-order chi connectivity index (χ0) is 16.1. The lowest BCUT2D eigenvalue weighted by atomic mass is 10.1. The molecule has 0 aliphatic rings. The molecule has 0 unspecified atom stereocenters. The lowest BCUT2D eigenvalue weighted by molar-refractivity contribution is 0.102. The lowest BCUT2D eigenvalue weighted by Crippen LogP contribution is -2.23. The Morgan fingerprint density at radius 3 is 2.27 bits per heavy atom. The maximum absolute atomic E-state index is 12.2. The molecule has 0 heterocycles. The highest BCUT2D eigenvalue weighted by molar-refractivity contribution is 6.04. The summed E-state index contributed by atoms with van der Waals surface area (Å²) >= 11 is 0. The maximum atomic E-state index is 12.2. The second-order valence-electron chi connectivity index (χ2n) is 5.27. The summed E-state index contributed by atoms with van der Waals surface area (Å²) in [5, 5.41) is 2.88. The molecule has 0 aliphatic carbocycles. The molecule has 0 saturated heterocycles. The third kappa shape index (κ3) is 3.58. The minimum atomic E-state index is -0.130. The minimum Gasteiger partial charge on any atom is -0.397 e. The van der Waals surface area contributed by atoms with Gasteiger partial charge in [0.2, 0.25) is 0 Å². The molecular weight excluding hydrogens is 274 g/mol. The summed E-state index contributed by atoms with van der Waals surface area (Å²) in [4.78, 5) is 14.4. The molecule has 2 aromatic carbocycles. The van der Waals surface area contributed by atoms with E-state index in [4.69, 9.17) is 5.73 Å². The van der Waals surface area contributed by atoms with Crippen LogP contribution >= 0.6 is 0 Å². The second-order valence-corrected chi connectivity index (χ2v) is 5.27. The largest absolute Gasteiger partial charge is 0.397 e. The predicted molar refractivity (Wildman–Crippen MR) is 93.5 cm³/mol. The fourth-order valence-corrected chi connectivity index (χ4v) is 2.39. The van der Waals surface area contributed by atoms with E-state index in [1.165, 1.54) is 0 Å². The fraction of sp³-hybridized carbons (Fsp3) is 0.278. The van der Waals surface area contributed by atoms with E-state index in [9.17, 15) is 4.79 Å². The van der Waals surface area contributed by atoms with Crippen LogP contribution in [-0.2, 0) is 0 Å². The molecule has 3 N–H and O–H groups in total. The van der Waals surface area contributed by atoms with Crippen LogP contribution in [0, 0.1) is 6.92 Å². The van der Waals surface area contributed by atoms with Crippen molar-refractivity contribution in [1.82, 2.24) is 0 Å². The average Bonchev–Trinajstić information content (AvgIpc) is 2.51. The van der Waals surface area contributed by atoms with Gasteiger partial charge in [-0.1, -0.05) is 17.7 Å². The fourth-order valence-electron chi connectivity index (χ4n) is 2.39. The number of nitrogens with one attached hydrogen (secondary N) is 1. The number of rotatable bonds is 5. The van der Waals surface area contributed by atoms with E-state index in [1.54, 1.807) is 6.07 Å². The van der Waals surface area contributed by atoms with E-state index in [-0.39, 0.29) is 5.91 Å². The molecule has 0 atom stereocenters. The van der Waals surface area contributed by atoms with E-state index in [1.807, 2.05) is 43.3 Å². The smallest absolute Gasteiger partial charge is 0.255 e. The molecular formula is C18H23N3O. The molecule has 2 aromatic rings. The van der Waals surface area contributed by atoms with Crippen molar-refractivity contribution in [2.75, 3.05) is 29.0 Å². The summed E-state index contributed by atoms with van der Waals surface area (Å²) in [5.41, 5.74) is 10.3. The van der Waals surface area contributed by atoms with Crippen LogP contribution in [0.1, 0.15) is 29.8 Å². The molecule has 0 spiro atoms. The summed E-state index contributed by atoms with van der Waals surface area (Å²) in [5.74, 6) is -0.130. The van der Waals surface area contributed by atoms with Crippen molar-refractivity contribution >= 4 is 23.0 Å². The highest BCUT2D eigenvalue weighted by Crippen LogP contribution is 2.26. The molecule has 0 fully saturated rings. The van der Waals surface area contributed by atoms with Crippen molar-refractivity contribution in [3.63, 3.8) is 0 Å². The molecule has 22 heavy (non-hydrogen) atoms. The van der Waals surface area contributed by atoms with Crippen LogP contribution in [0.5, 0.6) is 0 Å². The molecule has 1 amide bonds. The zero-order valence-corrected chi connectivity index (χ0v) is 13.4. The first kappa shape index (κ1) is 15.9. The van der Waals surface area contributed by atoms with Crippen LogP contribution in [0.25, 0.3) is 0 Å². The number of nitrogens with two attached hydrogens (primary N) is 1. The Bertz CT molecular complexity index is 646. The first-order valence-electron chi connectivity index (χ1n) is 7.57. The highest BCUT2D eigenvalue weighted by atomic mass is 16.1. The number of hydrogen-bond donors (Lipinski definition) is 2. The van der Waals surface area contributed by atoms with E-state index < -0.39 is 0 Å². The number of carbonyl (C=O) groups excluding carboxylic acids is 1. The van der Waals surface area contributed by atoms with Crippen LogP contribution in [-0.4, -0.2) is 19.0 Å². The van der Waals surface area contributed by atoms with Gasteiger partial charge in [0, 0.05) is 24.3 Å². The number of anilines is 3. The van der Waals surface area contributed by atoms with Gasteiger partial charge < -0.3 is 16.0 Å². The van der Waals surface area contributed by atoms with Gasteiger partial charge in [-0.2, -0.15) is 0 Å². The number of amides is 1. The minimum absolute atomic E-state index is 0.130. The van der Waals surface area contributed by atoms with Gasteiger partial charge in [-0.15, -0.1) is 0 Å². The summed E-state index contributed by atoms with van der Waals surface area (Å²) < 4.78 is 0. The van der Waals surface area contributed by atoms with Crippen molar-refractivity contribution in [2.45, 2.75) is 20.8 Å². The summed E-state index contributed by atoms with van der Waals surface area (Å²) in [6.45, 7) is 7.98. The van der Waals surface area contributed by atoms with E-state index in [0.29, 0.717) is 16.9 Å². The molecule has 116 valence electrons. The van der Waals surface area contributed by atoms with Gasteiger partial charge in [-0.25, -0.2) is 0 Å². The number of aryl methyl sites for hydroxylation is 1. The van der Waals surface area contributed by atoms with Crippen molar-refractivity contribution in [3.8, 4) is 0 Å². The van der Waals surface area contributed by atoms with Crippen molar-refractivity contribution in [3.05, 3.63) is 53.6 Å². The van der Waals surface area contributed by atoms with Crippen LogP contribution in [0.4, 0.5) is 17.1 Å². The molecule has 0 saturated carbocycles. The molecule has 2 rings (SSSR count). The molecule has 0 radical (unpaired) electrons. The molecule has 4 heteroatoms. The molecule has 0 aliphatic heterocycles. The third-order valence-electron chi connectivity index (χ3n) is 3.70. The predicted octanol–water partition coefficient (Wildman–Crippen LogP) is 3.68. The molecule has 4 nitrogen and oxygen atoms in total. The van der Waals surface area contributed by atoms with Gasteiger partial charge in [-0.3, -0.25) is 4.79 Å². The van der Waals surface area contributed by atoms with Gasteiger partial charge in [0.1, 0.15) is 0 Å². The van der Waals surface area contributed by atoms with E-state index >= 15 is 0 Å². The SMILES string of the molecule is CCN(CC)c1ccc(NC(=O)c2ccc(C)cc2)cc1N. The Hall–Kier alpha value is -2.49. The Balaban J connectivity index is 2.15. The van der Waals surface area contributed by atoms with Crippen molar-refractivity contribution in [2.24, 2.45) is 0 Å². The molecule has 0 bridgehead atoms. The number of nitrogens with zero attached hydrogens (tertiary/aromatic N) is 1. The van der Waals surface area contributed by atoms with Gasteiger partial charge in [-0.05, 0) is 51.1 Å². The van der Waals surface area contributed by atoms with E-state index in [0.717, 1.165) is 24.3 Å². The topological polar surface area (TPSA) is 58.4 Å². The molecule has 0 aromatic heterocycles. The number of carbonyl (C=O) groups is 1. The quantitative estimate of drug-likeness (QED) is 0.828. The van der Waals surface area contributed by atoms with Crippen molar-refractivity contribution < 1.29 is 4.79 Å².